The van der Waals surface area contributed by atoms with E-state index in [1.165, 1.54) is 141 Å². The lowest BCUT2D eigenvalue weighted by atomic mass is 10.1. The first-order chi connectivity index (χ1) is 21.2. The number of aliphatic hydroxyl groups is 2. The quantitative estimate of drug-likeness (QED) is 0.0808. The van der Waals surface area contributed by atoms with Crippen molar-refractivity contribution in [3.05, 3.63) is 71.8 Å². The number of aryl methyl sites for hydroxylation is 2. The number of carboxylic acid groups (broad SMARTS) is 2. The molecule has 0 aliphatic carbocycles. The standard InChI is InChI=1S/C30H48N2.2C3H6O3/c1(3-5-15-25-31-27-17-13-23-29-19-9-7-10-20-29)2-4-6-16-26-32-28-18-14-24-30-21-11-8-12-22-30;2*1-2(4)3(5)6/h7-12,19-22,31-32H,1-6,13-18,23-28H2;2*2,4H,1H3,(H,5,6). The normalized spacial score (nSPS) is 11.8. The second kappa shape index (κ2) is 30.3. The number of carbonyl (C=O) groups is 2. The van der Waals surface area contributed by atoms with E-state index in [0.29, 0.717) is 0 Å². The van der Waals surface area contributed by atoms with Gasteiger partial charge in [0.05, 0.1) is 0 Å². The first-order valence-corrected chi connectivity index (χ1v) is 16.5. The van der Waals surface area contributed by atoms with Crippen LogP contribution in [0.2, 0.25) is 0 Å². The van der Waals surface area contributed by atoms with Crippen molar-refractivity contribution in [3.63, 3.8) is 0 Å². The number of benzene rings is 2. The minimum Gasteiger partial charge on any atom is -0.479 e. The van der Waals surface area contributed by atoms with E-state index in [0.717, 1.165) is 0 Å². The maximum Gasteiger partial charge on any atom is 0.332 e. The molecular weight excluding hydrogens is 556 g/mol. The zero-order valence-corrected chi connectivity index (χ0v) is 27.3. The molecule has 0 fully saturated rings. The van der Waals surface area contributed by atoms with Gasteiger partial charge >= 0.3 is 11.9 Å². The van der Waals surface area contributed by atoms with Crippen molar-refractivity contribution in [2.75, 3.05) is 26.2 Å². The molecule has 2 aromatic rings. The van der Waals surface area contributed by atoms with Crippen LogP contribution in [-0.2, 0) is 22.4 Å². The average Bonchev–Trinajstić information content (AvgIpc) is 3.01. The highest BCUT2D eigenvalue weighted by atomic mass is 16.4. The number of aliphatic carboxylic acids is 2. The summed E-state index contributed by atoms with van der Waals surface area (Å²) in [5.41, 5.74) is 2.94. The molecule has 250 valence electrons. The highest BCUT2D eigenvalue weighted by molar-refractivity contribution is 5.71. The molecular formula is C36H60N2O6. The first kappa shape index (κ1) is 41.2. The van der Waals surface area contributed by atoms with E-state index in [1.54, 1.807) is 0 Å². The molecule has 8 heteroatoms. The summed E-state index contributed by atoms with van der Waals surface area (Å²) in [5, 5.41) is 38.8. The second-order valence-electron chi connectivity index (χ2n) is 11.2. The van der Waals surface area contributed by atoms with Crippen LogP contribution in [0.1, 0.15) is 102 Å². The Morgan fingerprint density at radius 3 is 1.02 bits per heavy atom. The lowest BCUT2D eigenvalue weighted by Gasteiger charge is -2.06. The SMILES string of the molecule is CC(O)C(=O)O.CC(O)C(=O)O.c1ccc(CCCCNCCCCCCCCCCNCCCCc2ccccc2)cc1. The third-order valence-electron chi connectivity index (χ3n) is 7.00. The van der Waals surface area contributed by atoms with Crippen LogP contribution < -0.4 is 10.6 Å². The van der Waals surface area contributed by atoms with Gasteiger partial charge in [-0.3, -0.25) is 0 Å². The highest BCUT2D eigenvalue weighted by Gasteiger charge is 2.02. The molecule has 8 nitrogen and oxygen atoms in total. The van der Waals surface area contributed by atoms with Gasteiger partial charge < -0.3 is 31.1 Å². The molecule has 0 bridgehead atoms. The number of nitrogens with one attached hydrogen (secondary N) is 2. The number of aliphatic hydroxyl groups excluding tert-OH is 2. The van der Waals surface area contributed by atoms with Crippen LogP contribution in [0.5, 0.6) is 0 Å². The van der Waals surface area contributed by atoms with Crippen LogP contribution in [0.3, 0.4) is 0 Å². The number of carboxylic acids is 2. The van der Waals surface area contributed by atoms with E-state index >= 15 is 0 Å². The molecule has 2 rings (SSSR count). The molecule has 2 aromatic carbocycles. The molecule has 0 saturated carbocycles. The van der Waals surface area contributed by atoms with Gasteiger partial charge in [-0.2, -0.15) is 0 Å². The number of rotatable bonds is 23. The van der Waals surface area contributed by atoms with Crippen LogP contribution in [-0.4, -0.2) is 70.8 Å². The number of unbranched alkanes of at least 4 members (excludes halogenated alkanes) is 9. The largest absolute Gasteiger partial charge is 0.479 e. The van der Waals surface area contributed by atoms with Gasteiger partial charge in [0.2, 0.25) is 0 Å². The van der Waals surface area contributed by atoms with Gasteiger partial charge in [0.1, 0.15) is 12.2 Å². The lowest BCUT2D eigenvalue weighted by molar-refractivity contribution is -0.146. The summed E-state index contributed by atoms with van der Waals surface area (Å²) in [6.45, 7) is 7.14. The van der Waals surface area contributed by atoms with E-state index in [1.807, 2.05) is 0 Å². The third-order valence-corrected chi connectivity index (χ3v) is 7.00. The highest BCUT2D eigenvalue weighted by Crippen LogP contribution is 2.09. The van der Waals surface area contributed by atoms with Crippen molar-refractivity contribution in [2.45, 2.75) is 116 Å². The second-order valence-corrected chi connectivity index (χ2v) is 11.2. The molecule has 44 heavy (non-hydrogen) atoms. The maximum absolute atomic E-state index is 9.45. The summed E-state index contributed by atoms with van der Waals surface area (Å²) in [7, 11) is 0. The third kappa shape index (κ3) is 29.3. The Hall–Kier alpha value is -2.78. The van der Waals surface area contributed by atoms with Crippen molar-refractivity contribution in [3.8, 4) is 0 Å². The molecule has 0 amide bonds. The van der Waals surface area contributed by atoms with Gasteiger partial charge in [0, 0.05) is 0 Å². The number of hydrogen-bond donors (Lipinski definition) is 6. The fraction of sp³-hybridized carbons (Fsp3) is 0.611. The van der Waals surface area contributed by atoms with Gasteiger partial charge in [-0.25, -0.2) is 9.59 Å². The molecule has 0 radical (unpaired) electrons. The first-order valence-electron chi connectivity index (χ1n) is 16.5. The van der Waals surface area contributed by atoms with Gasteiger partial charge in [0.15, 0.2) is 0 Å². The smallest absolute Gasteiger partial charge is 0.332 e. The van der Waals surface area contributed by atoms with Crippen LogP contribution in [0.15, 0.2) is 60.7 Å². The lowest BCUT2D eigenvalue weighted by Crippen LogP contribution is -2.16. The Kier molecular flexibility index (Phi) is 28.3. The molecule has 0 spiro atoms. The monoisotopic (exact) mass is 616 g/mol. The van der Waals surface area contributed by atoms with Crippen LogP contribution in [0.4, 0.5) is 0 Å². The topological polar surface area (TPSA) is 139 Å². The van der Waals surface area contributed by atoms with Crippen LogP contribution in [0.25, 0.3) is 0 Å². The van der Waals surface area contributed by atoms with Gasteiger partial charge in [0.25, 0.3) is 0 Å². The molecule has 6 N–H and O–H groups in total. The summed E-state index contributed by atoms with van der Waals surface area (Å²) < 4.78 is 0. The zero-order chi connectivity index (χ0) is 32.7. The van der Waals surface area contributed by atoms with E-state index in [9.17, 15) is 9.59 Å². The van der Waals surface area contributed by atoms with Crippen molar-refractivity contribution in [1.29, 1.82) is 0 Å². The summed E-state index contributed by atoms with van der Waals surface area (Å²) in [4.78, 5) is 18.9. The molecule has 0 aliphatic rings. The number of hydrogen-bond acceptors (Lipinski definition) is 6. The minimum absolute atomic E-state index is 1.17. The van der Waals surface area contributed by atoms with E-state index < -0.39 is 24.1 Å². The van der Waals surface area contributed by atoms with Crippen molar-refractivity contribution in [1.82, 2.24) is 10.6 Å². The Labute approximate surface area is 266 Å². The molecule has 0 aliphatic heterocycles. The Bertz CT molecular complexity index is 834. The van der Waals surface area contributed by atoms with E-state index in [2.05, 4.69) is 71.3 Å². The predicted octanol–water partition coefficient (Wildman–Crippen LogP) is 6.24. The van der Waals surface area contributed by atoms with Crippen molar-refractivity contribution in [2.24, 2.45) is 0 Å². The fourth-order valence-corrected chi connectivity index (χ4v) is 4.26. The molecule has 2 unspecified atom stereocenters. The molecule has 2 atom stereocenters. The Morgan fingerprint density at radius 1 is 0.500 bits per heavy atom. The molecule has 0 saturated heterocycles. The summed E-state index contributed by atoms with van der Waals surface area (Å²) >= 11 is 0. The van der Waals surface area contributed by atoms with Gasteiger partial charge in [-0.15, -0.1) is 0 Å². The van der Waals surface area contributed by atoms with Crippen LogP contribution in [0, 0.1) is 0 Å². The average molecular weight is 617 g/mol. The summed E-state index contributed by atoms with van der Waals surface area (Å²) in [6.07, 6.45) is 16.3. The summed E-state index contributed by atoms with van der Waals surface area (Å²) in [5.74, 6) is -2.37. The Balaban J connectivity index is 0.00000130. The summed E-state index contributed by atoms with van der Waals surface area (Å²) in [6, 6.07) is 21.7. The van der Waals surface area contributed by atoms with Gasteiger partial charge in [-0.05, 0) is 103 Å². The van der Waals surface area contributed by atoms with E-state index in [4.69, 9.17) is 20.4 Å². The minimum atomic E-state index is -1.23. The van der Waals surface area contributed by atoms with Crippen LogP contribution >= 0.6 is 0 Å². The molecule has 0 heterocycles. The van der Waals surface area contributed by atoms with E-state index in [-0.39, 0.29) is 0 Å². The maximum atomic E-state index is 9.45. The van der Waals surface area contributed by atoms with Crippen molar-refractivity contribution < 1.29 is 30.0 Å². The predicted molar refractivity (Wildman–Crippen MR) is 180 cm³/mol. The van der Waals surface area contributed by atoms with Gasteiger partial charge in [-0.1, -0.05) is 99.2 Å². The fourth-order valence-electron chi connectivity index (χ4n) is 4.26. The zero-order valence-electron chi connectivity index (χ0n) is 27.3. The Morgan fingerprint density at radius 2 is 0.750 bits per heavy atom. The van der Waals surface area contributed by atoms with Crippen molar-refractivity contribution >= 4 is 11.9 Å². The molecule has 0 aromatic heterocycles.